The minimum Gasteiger partial charge on any atom is -0.444 e. The zero-order valence-electron chi connectivity index (χ0n) is 13.8. The van der Waals surface area contributed by atoms with E-state index in [1.165, 1.54) is 11.0 Å². The lowest BCUT2D eigenvalue weighted by atomic mass is 10.1. The Morgan fingerprint density at radius 2 is 1.88 bits per heavy atom. The highest BCUT2D eigenvalue weighted by molar-refractivity contribution is 7.87. The van der Waals surface area contributed by atoms with Gasteiger partial charge in [0.05, 0.1) is 12.2 Å². The molecule has 0 fully saturated rings. The van der Waals surface area contributed by atoms with Gasteiger partial charge in [-0.05, 0) is 32.8 Å². The van der Waals surface area contributed by atoms with Gasteiger partial charge in [-0.3, -0.25) is 0 Å². The maximum Gasteiger partial charge on any atom is 0.534 e. The van der Waals surface area contributed by atoms with Crippen LogP contribution in [0.5, 0.6) is 5.88 Å². The van der Waals surface area contributed by atoms with Gasteiger partial charge in [0.25, 0.3) is 0 Å². The van der Waals surface area contributed by atoms with E-state index in [2.05, 4.69) is 9.17 Å². The zero-order chi connectivity index (χ0) is 19.0. The Bertz CT molecular complexity index is 772. The number of ether oxygens (including phenoxy) is 1. The summed E-state index contributed by atoms with van der Waals surface area (Å²) in [6, 6.07) is 2.47. The summed E-state index contributed by atoms with van der Waals surface area (Å²) >= 11 is 0. The Hall–Kier alpha value is -2.04. The third kappa shape index (κ3) is 4.74. The van der Waals surface area contributed by atoms with Crippen molar-refractivity contribution in [3.05, 3.63) is 23.4 Å². The molecule has 0 saturated carbocycles. The monoisotopic (exact) mass is 382 g/mol. The lowest BCUT2D eigenvalue weighted by molar-refractivity contribution is -0.0501. The second kappa shape index (κ2) is 6.36. The SMILES string of the molecule is CC(C)(C)OC(=O)N1CCc2ccc(OS(=O)(=O)C(F)(F)F)nc2C1. The fraction of sp³-hybridized carbons (Fsp3) is 0.571. The van der Waals surface area contributed by atoms with Crippen molar-refractivity contribution in [1.82, 2.24) is 9.88 Å². The van der Waals surface area contributed by atoms with Crippen LogP contribution in [0.15, 0.2) is 12.1 Å². The van der Waals surface area contributed by atoms with Crippen LogP contribution in [-0.2, 0) is 27.8 Å². The van der Waals surface area contributed by atoms with Crippen LogP contribution in [0, 0.1) is 0 Å². The lowest BCUT2D eigenvalue weighted by Crippen LogP contribution is -2.40. The molecule has 1 aromatic rings. The second-order valence-electron chi connectivity index (χ2n) is 6.39. The van der Waals surface area contributed by atoms with E-state index in [1.54, 1.807) is 20.8 Å². The first kappa shape index (κ1) is 19.3. The average Bonchev–Trinajstić information content (AvgIpc) is 2.43. The summed E-state index contributed by atoms with van der Waals surface area (Å²) in [6.07, 6.45) is -0.178. The molecule has 7 nitrogen and oxygen atoms in total. The third-order valence-corrected chi connectivity index (χ3v) is 4.12. The first-order valence-electron chi connectivity index (χ1n) is 7.26. The number of amides is 1. The van der Waals surface area contributed by atoms with Gasteiger partial charge in [-0.15, -0.1) is 0 Å². The van der Waals surface area contributed by atoms with Gasteiger partial charge in [-0.25, -0.2) is 9.78 Å². The van der Waals surface area contributed by atoms with E-state index in [0.717, 1.165) is 6.07 Å². The molecule has 140 valence electrons. The average molecular weight is 382 g/mol. The number of hydrogen-bond donors (Lipinski definition) is 0. The van der Waals surface area contributed by atoms with E-state index >= 15 is 0 Å². The van der Waals surface area contributed by atoms with Crippen LogP contribution < -0.4 is 4.18 Å². The highest BCUT2D eigenvalue weighted by Crippen LogP contribution is 2.28. The van der Waals surface area contributed by atoms with Crippen LogP contribution in [0.1, 0.15) is 32.0 Å². The number of nitrogens with zero attached hydrogens (tertiary/aromatic N) is 2. The molecule has 0 spiro atoms. The van der Waals surface area contributed by atoms with Gasteiger partial charge in [-0.2, -0.15) is 21.6 Å². The molecule has 0 unspecified atom stereocenters. The predicted octanol–water partition coefficient (Wildman–Crippen LogP) is 2.60. The molecular formula is C14H17F3N2O5S. The quantitative estimate of drug-likeness (QED) is 0.577. The Kier molecular flexibility index (Phi) is 4.90. The van der Waals surface area contributed by atoms with Gasteiger partial charge in [0.1, 0.15) is 5.60 Å². The van der Waals surface area contributed by atoms with Gasteiger partial charge >= 0.3 is 21.7 Å². The summed E-state index contributed by atoms with van der Waals surface area (Å²) < 4.78 is 68.5. The van der Waals surface area contributed by atoms with Crippen molar-refractivity contribution in [2.45, 2.75) is 44.8 Å². The Balaban J connectivity index is 2.18. The van der Waals surface area contributed by atoms with E-state index in [0.29, 0.717) is 18.5 Å². The summed E-state index contributed by atoms with van der Waals surface area (Å²) in [5.74, 6) is -0.706. The molecule has 0 aliphatic carbocycles. The number of carbonyl (C=O) groups is 1. The summed E-state index contributed by atoms with van der Waals surface area (Å²) in [6.45, 7) is 5.44. The number of alkyl halides is 3. The highest BCUT2D eigenvalue weighted by Gasteiger charge is 2.49. The molecule has 1 aromatic heterocycles. The molecule has 11 heteroatoms. The number of pyridine rings is 1. The van der Waals surface area contributed by atoms with Crippen molar-refractivity contribution in [1.29, 1.82) is 0 Å². The number of hydrogen-bond acceptors (Lipinski definition) is 6. The maximum absolute atomic E-state index is 12.4. The third-order valence-electron chi connectivity index (χ3n) is 3.16. The van der Waals surface area contributed by atoms with Crippen molar-refractivity contribution in [3.8, 4) is 5.88 Å². The van der Waals surface area contributed by atoms with Crippen molar-refractivity contribution < 1.29 is 35.3 Å². The minimum atomic E-state index is -5.80. The molecule has 1 aliphatic rings. The standard InChI is InChI=1S/C14H17F3N2O5S/c1-13(2,3)23-12(20)19-7-6-9-4-5-11(18-10(9)8-19)24-25(21,22)14(15,16)17/h4-5H,6-8H2,1-3H3. The van der Waals surface area contributed by atoms with Crippen LogP contribution in [0.25, 0.3) is 0 Å². The molecule has 25 heavy (non-hydrogen) atoms. The molecule has 1 aliphatic heterocycles. The Morgan fingerprint density at radius 3 is 2.44 bits per heavy atom. The minimum absolute atomic E-state index is 0.0203. The van der Waals surface area contributed by atoms with E-state index in [-0.39, 0.29) is 12.2 Å². The molecular weight excluding hydrogens is 365 g/mol. The number of rotatable bonds is 2. The van der Waals surface area contributed by atoms with Crippen molar-refractivity contribution >= 4 is 16.2 Å². The van der Waals surface area contributed by atoms with Crippen LogP contribution in [0.3, 0.4) is 0 Å². The lowest BCUT2D eigenvalue weighted by Gasteiger charge is -2.30. The number of aromatic nitrogens is 1. The normalized spacial score (nSPS) is 15.5. The molecule has 0 N–H and O–H groups in total. The van der Waals surface area contributed by atoms with E-state index in [9.17, 15) is 26.4 Å². The van der Waals surface area contributed by atoms with Crippen LogP contribution >= 0.6 is 0 Å². The highest BCUT2D eigenvalue weighted by atomic mass is 32.2. The van der Waals surface area contributed by atoms with Gasteiger partial charge in [-0.1, -0.05) is 6.07 Å². The van der Waals surface area contributed by atoms with Gasteiger partial charge < -0.3 is 13.8 Å². The summed E-state index contributed by atoms with van der Waals surface area (Å²) in [5.41, 5.74) is -5.30. The van der Waals surface area contributed by atoms with Crippen LogP contribution in [0.2, 0.25) is 0 Å². The predicted molar refractivity (Wildman–Crippen MR) is 80.2 cm³/mol. The second-order valence-corrected chi connectivity index (χ2v) is 7.93. The fourth-order valence-electron chi connectivity index (χ4n) is 2.08. The van der Waals surface area contributed by atoms with Gasteiger partial charge in [0, 0.05) is 12.6 Å². The largest absolute Gasteiger partial charge is 0.534 e. The van der Waals surface area contributed by atoms with E-state index in [1.807, 2.05) is 0 Å². The molecule has 2 rings (SSSR count). The smallest absolute Gasteiger partial charge is 0.444 e. The van der Waals surface area contributed by atoms with Crippen LogP contribution in [-0.4, -0.2) is 42.0 Å². The van der Waals surface area contributed by atoms with Gasteiger partial charge in [0.2, 0.25) is 5.88 Å². The summed E-state index contributed by atoms with van der Waals surface area (Å²) in [5, 5.41) is 0. The topological polar surface area (TPSA) is 85.8 Å². The molecule has 0 bridgehead atoms. The first-order valence-corrected chi connectivity index (χ1v) is 8.67. The Morgan fingerprint density at radius 1 is 1.24 bits per heavy atom. The fourth-order valence-corrected chi connectivity index (χ4v) is 2.49. The van der Waals surface area contributed by atoms with Crippen molar-refractivity contribution in [2.24, 2.45) is 0 Å². The van der Waals surface area contributed by atoms with Crippen molar-refractivity contribution in [2.75, 3.05) is 6.54 Å². The van der Waals surface area contributed by atoms with E-state index < -0.39 is 33.2 Å². The zero-order valence-corrected chi connectivity index (χ0v) is 14.6. The number of fused-ring (bicyclic) bond motifs is 1. The molecule has 2 heterocycles. The molecule has 1 amide bonds. The number of halogens is 3. The molecule has 0 atom stereocenters. The molecule has 0 saturated heterocycles. The summed E-state index contributed by atoms with van der Waals surface area (Å²) in [7, 11) is -5.80. The van der Waals surface area contributed by atoms with Crippen LogP contribution in [0.4, 0.5) is 18.0 Å². The molecule has 0 radical (unpaired) electrons. The molecule has 0 aromatic carbocycles. The summed E-state index contributed by atoms with van der Waals surface area (Å²) in [4.78, 5) is 17.2. The van der Waals surface area contributed by atoms with Crippen molar-refractivity contribution in [3.63, 3.8) is 0 Å². The first-order chi connectivity index (χ1) is 11.3. The Labute approximate surface area is 142 Å². The maximum atomic E-state index is 12.4. The van der Waals surface area contributed by atoms with Gasteiger partial charge in [0.15, 0.2) is 0 Å². The van der Waals surface area contributed by atoms with E-state index in [4.69, 9.17) is 4.74 Å². The number of carbonyl (C=O) groups excluding carboxylic acids is 1.